The van der Waals surface area contributed by atoms with Crippen LogP contribution in [-0.4, -0.2) is 77.1 Å². The van der Waals surface area contributed by atoms with Crippen molar-refractivity contribution < 1.29 is 5.11 Å². The first-order valence-electron chi connectivity index (χ1n) is 12.5. The van der Waals surface area contributed by atoms with Gasteiger partial charge in [-0.1, -0.05) is 12.2 Å². The summed E-state index contributed by atoms with van der Waals surface area (Å²) in [6, 6.07) is 9.64. The van der Waals surface area contributed by atoms with Crippen molar-refractivity contribution >= 4 is 11.4 Å². The third-order valence-electron chi connectivity index (χ3n) is 7.32. The van der Waals surface area contributed by atoms with Gasteiger partial charge in [-0.25, -0.2) is 5.01 Å². The van der Waals surface area contributed by atoms with Crippen molar-refractivity contribution in [1.29, 1.82) is 0 Å². The van der Waals surface area contributed by atoms with E-state index in [4.69, 9.17) is 0 Å². The minimum absolute atomic E-state index is 0.364. The van der Waals surface area contributed by atoms with Gasteiger partial charge in [-0.05, 0) is 91.0 Å². The molecule has 3 heterocycles. The number of aliphatic hydroxyl groups is 1. The number of nitrogens with zero attached hydrogens (tertiary/aromatic N) is 4. The van der Waals surface area contributed by atoms with Gasteiger partial charge in [0.05, 0.1) is 0 Å². The molecular weight excluding hydrogens is 424 g/mol. The fourth-order valence-corrected chi connectivity index (χ4v) is 5.02. The highest BCUT2D eigenvalue weighted by Gasteiger charge is 2.45. The molecular formula is C27H42N6O. The lowest BCUT2D eigenvalue weighted by molar-refractivity contribution is -0.00234. The molecule has 7 nitrogen and oxygen atoms in total. The molecule has 1 saturated heterocycles. The second kappa shape index (κ2) is 9.64. The molecule has 0 bridgehead atoms. The molecule has 0 aliphatic carbocycles. The average molecular weight is 467 g/mol. The molecule has 1 aromatic rings. The van der Waals surface area contributed by atoms with Crippen molar-refractivity contribution in [1.82, 2.24) is 20.2 Å². The number of allylic oxidation sites excluding steroid dienone is 2. The van der Waals surface area contributed by atoms with Crippen LogP contribution < -0.4 is 15.5 Å². The largest absolute Gasteiger partial charge is 0.386 e. The molecule has 0 radical (unpaired) electrons. The Morgan fingerprint density at radius 1 is 1.15 bits per heavy atom. The maximum absolute atomic E-state index is 11.3. The number of dihydropyridines is 1. The number of rotatable bonds is 7. The van der Waals surface area contributed by atoms with Crippen LogP contribution in [0.1, 0.15) is 40.5 Å². The maximum Gasteiger partial charge on any atom is 0.158 e. The van der Waals surface area contributed by atoms with E-state index < -0.39 is 11.3 Å². The van der Waals surface area contributed by atoms with Gasteiger partial charge in [0, 0.05) is 49.3 Å². The van der Waals surface area contributed by atoms with Crippen molar-refractivity contribution in [3.05, 3.63) is 60.6 Å². The Bertz CT molecular complexity index is 921. The Labute approximate surface area is 205 Å². The van der Waals surface area contributed by atoms with Crippen LogP contribution in [0, 0.1) is 0 Å². The molecule has 3 aliphatic rings. The van der Waals surface area contributed by atoms with E-state index in [1.165, 1.54) is 18.5 Å². The van der Waals surface area contributed by atoms with E-state index in [1.54, 1.807) is 0 Å². The summed E-state index contributed by atoms with van der Waals surface area (Å²) in [7, 11) is 4.35. The fourth-order valence-electron chi connectivity index (χ4n) is 5.02. The molecule has 34 heavy (non-hydrogen) atoms. The summed E-state index contributed by atoms with van der Waals surface area (Å²) in [5.41, 5.74) is 0.288. The Kier molecular flexibility index (Phi) is 6.99. The number of nitrogens with one attached hydrogen (secondary N) is 2. The maximum atomic E-state index is 11.3. The standard InChI is InChI=1S/C27H42N6O/c1-21(2)32-17-8-18-33(32)25-9-7-16-27(29-25,26(3,4)34)28-22-10-12-24(13-11-22)31-19-14-23(15-20-31)30(5)6/h7-13,16,18,21,23,28-29,34H,14-15,17,19-20H2,1-6H3. The number of benzene rings is 1. The zero-order valence-corrected chi connectivity index (χ0v) is 21.6. The average Bonchev–Trinajstić information content (AvgIpc) is 3.30. The molecule has 3 N–H and O–H groups in total. The van der Waals surface area contributed by atoms with Gasteiger partial charge in [0.15, 0.2) is 5.66 Å². The van der Waals surface area contributed by atoms with Crippen LogP contribution in [0.15, 0.2) is 60.6 Å². The van der Waals surface area contributed by atoms with E-state index in [0.717, 1.165) is 31.1 Å². The summed E-state index contributed by atoms with van der Waals surface area (Å²) in [6.07, 6.45) is 12.7. The number of hydrogen-bond acceptors (Lipinski definition) is 7. The van der Waals surface area contributed by atoms with E-state index in [1.807, 2.05) is 26.0 Å². The summed E-state index contributed by atoms with van der Waals surface area (Å²) >= 11 is 0. The first kappa shape index (κ1) is 24.6. The molecule has 1 fully saturated rings. The first-order valence-corrected chi connectivity index (χ1v) is 12.5. The van der Waals surface area contributed by atoms with E-state index >= 15 is 0 Å². The van der Waals surface area contributed by atoms with Crippen molar-refractivity contribution in [3.63, 3.8) is 0 Å². The van der Waals surface area contributed by atoms with Gasteiger partial charge in [-0.3, -0.25) is 5.01 Å². The Hall–Kier alpha value is -2.48. The second-order valence-corrected chi connectivity index (χ2v) is 10.7. The summed E-state index contributed by atoms with van der Waals surface area (Å²) < 4.78 is 0. The third-order valence-corrected chi connectivity index (χ3v) is 7.32. The van der Waals surface area contributed by atoms with Gasteiger partial charge in [-0.2, -0.15) is 0 Å². The van der Waals surface area contributed by atoms with Crippen molar-refractivity contribution in [2.45, 2.75) is 63.9 Å². The lowest BCUT2D eigenvalue weighted by Gasteiger charge is -2.47. The first-order chi connectivity index (χ1) is 16.1. The van der Waals surface area contributed by atoms with Crippen molar-refractivity contribution in [3.8, 4) is 0 Å². The highest BCUT2D eigenvalue weighted by Crippen LogP contribution is 2.32. The number of hydrazine groups is 1. The van der Waals surface area contributed by atoms with Gasteiger partial charge in [-0.15, -0.1) is 0 Å². The zero-order chi connectivity index (χ0) is 24.5. The van der Waals surface area contributed by atoms with Crippen molar-refractivity contribution in [2.24, 2.45) is 0 Å². The van der Waals surface area contributed by atoms with Gasteiger partial charge in [0.1, 0.15) is 11.4 Å². The minimum atomic E-state index is -1.07. The molecule has 0 spiro atoms. The van der Waals surface area contributed by atoms with Gasteiger partial charge < -0.3 is 25.5 Å². The second-order valence-electron chi connectivity index (χ2n) is 10.7. The monoisotopic (exact) mass is 466 g/mol. The van der Waals surface area contributed by atoms with E-state index in [2.05, 4.69) is 101 Å². The molecule has 1 atom stereocenters. The Morgan fingerprint density at radius 3 is 2.41 bits per heavy atom. The smallest absolute Gasteiger partial charge is 0.158 e. The van der Waals surface area contributed by atoms with Crippen LogP contribution in [0.3, 0.4) is 0 Å². The molecule has 186 valence electrons. The van der Waals surface area contributed by atoms with Crippen LogP contribution in [0.4, 0.5) is 11.4 Å². The summed E-state index contributed by atoms with van der Waals surface area (Å²) in [5, 5.41) is 22.9. The summed E-state index contributed by atoms with van der Waals surface area (Å²) in [6.45, 7) is 11.1. The third kappa shape index (κ3) is 4.97. The van der Waals surface area contributed by atoms with Crippen LogP contribution >= 0.6 is 0 Å². The fraction of sp³-hybridized carbons (Fsp3) is 0.556. The normalized spacial score (nSPS) is 24.2. The minimum Gasteiger partial charge on any atom is -0.386 e. The zero-order valence-electron chi connectivity index (χ0n) is 21.6. The quantitative estimate of drug-likeness (QED) is 0.568. The lowest BCUT2D eigenvalue weighted by atomic mass is 9.88. The molecule has 0 saturated carbocycles. The number of piperidine rings is 1. The molecule has 1 unspecified atom stereocenters. The molecule has 0 amide bonds. The predicted molar refractivity (Wildman–Crippen MR) is 141 cm³/mol. The summed E-state index contributed by atoms with van der Waals surface area (Å²) in [4.78, 5) is 4.81. The Balaban J connectivity index is 1.49. The van der Waals surface area contributed by atoms with Crippen LogP contribution in [0.5, 0.6) is 0 Å². The number of anilines is 2. The van der Waals surface area contributed by atoms with E-state index in [0.29, 0.717) is 12.1 Å². The van der Waals surface area contributed by atoms with Crippen LogP contribution in [-0.2, 0) is 0 Å². The van der Waals surface area contributed by atoms with Crippen LogP contribution in [0.2, 0.25) is 0 Å². The number of hydrogen-bond donors (Lipinski definition) is 3. The topological polar surface area (TPSA) is 57.2 Å². The van der Waals surface area contributed by atoms with E-state index in [9.17, 15) is 5.11 Å². The Morgan fingerprint density at radius 2 is 1.82 bits per heavy atom. The molecule has 0 aromatic heterocycles. The molecule has 1 aromatic carbocycles. The molecule has 7 heteroatoms. The van der Waals surface area contributed by atoms with Gasteiger partial charge in [0.25, 0.3) is 0 Å². The highest BCUT2D eigenvalue weighted by molar-refractivity contribution is 5.57. The molecule has 3 aliphatic heterocycles. The van der Waals surface area contributed by atoms with Crippen LogP contribution in [0.25, 0.3) is 0 Å². The summed E-state index contributed by atoms with van der Waals surface area (Å²) in [5.74, 6) is 0.931. The predicted octanol–water partition coefficient (Wildman–Crippen LogP) is 3.55. The van der Waals surface area contributed by atoms with Gasteiger partial charge >= 0.3 is 0 Å². The highest BCUT2D eigenvalue weighted by atomic mass is 16.3. The molecule has 4 rings (SSSR count). The SMILES string of the molecule is CC(C)N1CC=CN1C1=CC=CC(Nc2ccc(N3CCC(N(C)C)CC3)cc2)(C(C)(C)O)N1. The van der Waals surface area contributed by atoms with Gasteiger partial charge in [0.2, 0.25) is 0 Å². The van der Waals surface area contributed by atoms with Crippen molar-refractivity contribution in [2.75, 3.05) is 43.9 Å². The van der Waals surface area contributed by atoms with E-state index in [-0.39, 0.29) is 0 Å². The lowest BCUT2D eigenvalue weighted by Crippen LogP contribution is -2.66.